The third-order valence-electron chi connectivity index (χ3n) is 3.52. The number of rotatable bonds is 5. The Kier molecular flexibility index (Phi) is 5.01. The van der Waals surface area contributed by atoms with Gasteiger partial charge in [0.2, 0.25) is 0 Å². The van der Waals surface area contributed by atoms with Gasteiger partial charge in [0, 0.05) is 12.1 Å². The molecule has 0 aromatic heterocycles. The van der Waals surface area contributed by atoms with Crippen LogP contribution in [-0.4, -0.2) is 13.0 Å². The zero-order chi connectivity index (χ0) is 17.2. The van der Waals surface area contributed by atoms with Gasteiger partial charge in [-0.05, 0) is 30.0 Å². The van der Waals surface area contributed by atoms with Crippen LogP contribution >= 0.6 is 0 Å². The van der Waals surface area contributed by atoms with Crippen LogP contribution < -0.4 is 4.74 Å². The lowest BCUT2D eigenvalue weighted by Gasteiger charge is -2.13. The molecule has 4 nitrogen and oxygen atoms in total. The van der Waals surface area contributed by atoms with E-state index in [1.54, 1.807) is 12.1 Å². The van der Waals surface area contributed by atoms with Crippen molar-refractivity contribution in [2.45, 2.75) is 31.1 Å². The first-order valence-corrected chi connectivity index (χ1v) is 8.36. The van der Waals surface area contributed by atoms with Crippen molar-refractivity contribution < 1.29 is 26.5 Å². The number of halogens is 2. The Bertz CT molecular complexity index is 778. The van der Waals surface area contributed by atoms with Crippen molar-refractivity contribution in [1.82, 2.24) is 0 Å². The van der Waals surface area contributed by atoms with Crippen LogP contribution in [0.3, 0.4) is 0 Å². The summed E-state index contributed by atoms with van der Waals surface area (Å²) in [6.45, 7) is 4.13. The van der Waals surface area contributed by atoms with Gasteiger partial charge in [0.15, 0.2) is 0 Å². The molecule has 0 saturated heterocycles. The molecule has 0 radical (unpaired) electrons. The minimum Gasteiger partial charge on any atom is -0.744 e. The molecule has 1 atom stereocenters. The zero-order valence-electron chi connectivity index (χ0n) is 12.5. The molecule has 0 heterocycles. The highest BCUT2D eigenvalue weighted by molar-refractivity contribution is 7.85. The molecule has 1 unspecified atom stereocenters. The molecule has 2 aromatic rings. The molecule has 0 saturated carbocycles. The summed E-state index contributed by atoms with van der Waals surface area (Å²) in [5, 5.41) is 0. The lowest BCUT2D eigenvalue weighted by atomic mass is 9.99. The first-order chi connectivity index (χ1) is 10.7. The fraction of sp³-hybridized carbons (Fsp3) is 0.250. The van der Waals surface area contributed by atoms with E-state index in [4.69, 9.17) is 4.74 Å². The smallest absolute Gasteiger partial charge is 0.147 e. The Morgan fingerprint density at radius 3 is 2.04 bits per heavy atom. The normalized spacial score (nSPS) is 12.9. The maximum Gasteiger partial charge on any atom is 0.147 e. The van der Waals surface area contributed by atoms with Gasteiger partial charge < -0.3 is 9.29 Å². The van der Waals surface area contributed by atoms with Crippen LogP contribution in [0.15, 0.2) is 41.3 Å². The molecule has 124 valence electrons. The van der Waals surface area contributed by atoms with Crippen LogP contribution in [0.2, 0.25) is 0 Å². The Labute approximate surface area is 133 Å². The van der Waals surface area contributed by atoms with Crippen molar-refractivity contribution in [3.63, 3.8) is 0 Å². The summed E-state index contributed by atoms with van der Waals surface area (Å²) in [5.41, 5.74) is 1.10. The number of ether oxygens (including phenoxy) is 1. The first kappa shape index (κ1) is 17.4. The second kappa shape index (κ2) is 6.64. The fourth-order valence-corrected chi connectivity index (χ4v) is 2.67. The third-order valence-corrected chi connectivity index (χ3v) is 4.41. The highest BCUT2D eigenvalue weighted by atomic mass is 32.2. The van der Waals surface area contributed by atoms with Gasteiger partial charge in [-0.1, -0.05) is 26.0 Å². The van der Waals surface area contributed by atoms with E-state index < -0.39 is 26.6 Å². The SMILES string of the molecule is CCC(C)c1ccc(Oc2cc(F)c(S(=O)(=O)[O-])c(F)c2)cc1. The van der Waals surface area contributed by atoms with Crippen molar-refractivity contribution in [1.29, 1.82) is 0 Å². The van der Waals surface area contributed by atoms with Crippen LogP contribution in [0, 0.1) is 11.6 Å². The summed E-state index contributed by atoms with van der Waals surface area (Å²) >= 11 is 0. The van der Waals surface area contributed by atoms with E-state index in [1.807, 2.05) is 12.1 Å². The van der Waals surface area contributed by atoms with Gasteiger partial charge in [0.05, 0.1) is 0 Å². The van der Waals surface area contributed by atoms with Crippen molar-refractivity contribution in [2.75, 3.05) is 0 Å². The van der Waals surface area contributed by atoms with Crippen molar-refractivity contribution in [3.05, 3.63) is 53.6 Å². The van der Waals surface area contributed by atoms with Gasteiger partial charge in [-0.15, -0.1) is 0 Å². The topological polar surface area (TPSA) is 66.4 Å². The van der Waals surface area contributed by atoms with E-state index in [1.165, 1.54) is 0 Å². The van der Waals surface area contributed by atoms with E-state index in [0.717, 1.165) is 12.0 Å². The van der Waals surface area contributed by atoms with Crippen molar-refractivity contribution >= 4 is 10.1 Å². The van der Waals surface area contributed by atoms with E-state index in [2.05, 4.69) is 13.8 Å². The molecule has 0 N–H and O–H groups in total. The van der Waals surface area contributed by atoms with Crippen molar-refractivity contribution in [3.8, 4) is 11.5 Å². The van der Waals surface area contributed by atoms with E-state index in [9.17, 15) is 21.8 Å². The standard InChI is InChI=1S/C16H16F2O4S/c1-3-10(2)11-4-6-12(7-5-11)22-13-8-14(17)16(15(18)9-13)23(19,20)21/h4-10H,3H2,1-2H3,(H,19,20,21)/p-1. The number of hydrogen-bond acceptors (Lipinski definition) is 4. The first-order valence-electron chi connectivity index (χ1n) is 6.95. The van der Waals surface area contributed by atoms with E-state index in [-0.39, 0.29) is 5.75 Å². The lowest BCUT2D eigenvalue weighted by molar-refractivity contribution is 0.431. The molecular formula is C16H15F2O4S-. The predicted molar refractivity (Wildman–Crippen MR) is 79.5 cm³/mol. The van der Waals surface area contributed by atoms with Gasteiger partial charge in [0.25, 0.3) is 0 Å². The second-order valence-corrected chi connectivity index (χ2v) is 6.47. The minimum absolute atomic E-state index is 0.233. The Morgan fingerprint density at radius 2 is 1.61 bits per heavy atom. The van der Waals surface area contributed by atoms with Gasteiger partial charge in [-0.25, -0.2) is 17.2 Å². The van der Waals surface area contributed by atoms with Gasteiger partial charge >= 0.3 is 0 Å². The van der Waals surface area contributed by atoms with Gasteiger partial charge in [-0.2, -0.15) is 0 Å². The quantitative estimate of drug-likeness (QED) is 0.765. The maximum absolute atomic E-state index is 13.6. The lowest BCUT2D eigenvalue weighted by Crippen LogP contribution is -2.06. The molecular weight excluding hydrogens is 326 g/mol. The number of hydrogen-bond donors (Lipinski definition) is 0. The molecule has 0 bridgehead atoms. The molecule has 7 heteroatoms. The van der Waals surface area contributed by atoms with Crippen LogP contribution in [0.5, 0.6) is 11.5 Å². The number of benzene rings is 2. The maximum atomic E-state index is 13.6. The summed E-state index contributed by atoms with van der Waals surface area (Å²) in [7, 11) is -5.23. The average molecular weight is 341 g/mol. The zero-order valence-corrected chi connectivity index (χ0v) is 13.4. The Hall–Kier alpha value is -1.99. The van der Waals surface area contributed by atoms with Crippen LogP contribution in [0.25, 0.3) is 0 Å². The van der Waals surface area contributed by atoms with Crippen LogP contribution in [-0.2, 0) is 10.1 Å². The monoisotopic (exact) mass is 341 g/mol. The van der Waals surface area contributed by atoms with Crippen LogP contribution in [0.1, 0.15) is 31.7 Å². The Morgan fingerprint density at radius 1 is 1.09 bits per heavy atom. The molecule has 23 heavy (non-hydrogen) atoms. The van der Waals surface area contributed by atoms with Crippen LogP contribution in [0.4, 0.5) is 8.78 Å². The minimum atomic E-state index is -5.23. The molecule has 0 fully saturated rings. The third kappa shape index (κ3) is 4.05. The summed E-state index contributed by atoms with van der Waals surface area (Å²) < 4.78 is 64.9. The summed E-state index contributed by atoms with van der Waals surface area (Å²) in [4.78, 5) is -1.50. The molecule has 2 aromatic carbocycles. The van der Waals surface area contributed by atoms with Gasteiger partial charge in [0.1, 0.15) is 38.1 Å². The summed E-state index contributed by atoms with van der Waals surface area (Å²) in [5.74, 6) is -2.48. The molecule has 0 amide bonds. The van der Waals surface area contributed by atoms with Gasteiger partial charge in [-0.3, -0.25) is 0 Å². The average Bonchev–Trinajstić information content (AvgIpc) is 2.45. The molecule has 0 aliphatic rings. The molecule has 0 spiro atoms. The summed E-state index contributed by atoms with van der Waals surface area (Å²) in [6, 6.07) is 8.30. The van der Waals surface area contributed by atoms with E-state index >= 15 is 0 Å². The summed E-state index contributed by atoms with van der Waals surface area (Å²) in [6.07, 6.45) is 0.974. The predicted octanol–water partition coefficient (Wildman–Crippen LogP) is 4.17. The fourth-order valence-electron chi connectivity index (χ4n) is 2.07. The van der Waals surface area contributed by atoms with E-state index in [0.29, 0.717) is 23.8 Å². The Balaban J connectivity index is 2.28. The second-order valence-electron chi connectivity index (χ2n) is 5.15. The molecule has 2 rings (SSSR count). The molecule has 0 aliphatic carbocycles. The highest BCUT2D eigenvalue weighted by Crippen LogP contribution is 2.29. The molecule has 0 aliphatic heterocycles. The van der Waals surface area contributed by atoms with Crippen molar-refractivity contribution in [2.24, 2.45) is 0 Å². The highest BCUT2D eigenvalue weighted by Gasteiger charge is 2.18. The largest absolute Gasteiger partial charge is 0.744 e.